The van der Waals surface area contributed by atoms with E-state index in [-0.39, 0.29) is 10.8 Å². The molecule has 7 aromatic rings. The standard InChI is InChI=1S/C52H47N/c1-51(2)47-32-38(31-39(29-36-17-9-5-10-18-36)30-37-19-11-6-12-20-37)25-27-43(47)45-34-50-46(35-49(45)51)44-28-26-42(33-48(44)52(50,3)4)53(40-21-13-7-14-22-40)41-23-15-8-16-24-41/h5-28,32-35,39H,29-31H2,1-4H3. The van der Waals surface area contributed by atoms with Crippen molar-refractivity contribution < 1.29 is 0 Å². The lowest BCUT2D eigenvalue weighted by molar-refractivity contribution is 0.517. The molecule has 1 nitrogen and oxygen atoms in total. The summed E-state index contributed by atoms with van der Waals surface area (Å²) in [6.07, 6.45) is 3.22. The first kappa shape index (κ1) is 33.2. The zero-order valence-electron chi connectivity index (χ0n) is 31.3. The largest absolute Gasteiger partial charge is 0.310 e. The molecule has 260 valence electrons. The molecule has 7 aromatic carbocycles. The lowest BCUT2D eigenvalue weighted by Gasteiger charge is -2.28. The van der Waals surface area contributed by atoms with E-state index in [9.17, 15) is 0 Å². The fraction of sp³-hybridized carbons (Fsp3) is 0.192. The molecule has 2 aliphatic carbocycles. The molecule has 0 saturated heterocycles. The van der Waals surface area contributed by atoms with Gasteiger partial charge < -0.3 is 4.90 Å². The van der Waals surface area contributed by atoms with Crippen molar-refractivity contribution >= 4 is 17.1 Å². The summed E-state index contributed by atoms with van der Waals surface area (Å²) in [6, 6.07) is 63.1. The Morgan fingerprint density at radius 2 is 0.755 bits per heavy atom. The van der Waals surface area contributed by atoms with Gasteiger partial charge in [0.05, 0.1) is 0 Å². The third-order valence-corrected chi connectivity index (χ3v) is 12.1. The van der Waals surface area contributed by atoms with Crippen LogP contribution < -0.4 is 4.90 Å². The summed E-state index contributed by atoms with van der Waals surface area (Å²) in [7, 11) is 0. The minimum absolute atomic E-state index is 0.0890. The van der Waals surface area contributed by atoms with Gasteiger partial charge in [0.1, 0.15) is 0 Å². The maximum Gasteiger partial charge on any atom is 0.0465 e. The number of hydrogen-bond donors (Lipinski definition) is 0. The van der Waals surface area contributed by atoms with Gasteiger partial charge >= 0.3 is 0 Å². The van der Waals surface area contributed by atoms with Crippen LogP contribution in [0.2, 0.25) is 0 Å². The molecule has 0 spiro atoms. The Morgan fingerprint density at radius 3 is 1.25 bits per heavy atom. The number of para-hydroxylation sites is 2. The number of anilines is 3. The molecule has 0 amide bonds. The molecule has 0 aromatic heterocycles. The van der Waals surface area contributed by atoms with E-state index < -0.39 is 0 Å². The van der Waals surface area contributed by atoms with Gasteiger partial charge in [-0.3, -0.25) is 0 Å². The number of fused-ring (bicyclic) bond motifs is 6. The third kappa shape index (κ3) is 5.89. The van der Waals surface area contributed by atoms with Gasteiger partial charge in [0.2, 0.25) is 0 Å². The molecule has 53 heavy (non-hydrogen) atoms. The van der Waals surface area contributed by atoms with E-state index >= 15 is 0 Å². The van der Waals surface area contributed by atoms with Crippen molar-refractivity contribution in [2.24, 2.45) is 5.92 Å². The summed E-state index contributed by atoms with van der Waals surface area (Å²) in [5, 5.41) is 0. The maximum atomic E-state index is 2.54. The zero-order chi connectivity index (χ0) is 36.2. The molecule has 0 unspecified atom stereocenters. The zero-order valence-corrected chi connectivity index (χ0v) is 31.3. The van der Waals surface area contributed by atoms with Gasteiger partial charge in [0.15, 0.2) is 0 Å². The molecule has 0 N–H and O–H groups in total. The van der Waals surface area contributed by atoms with Gasteiger partial charge in [-0.25, -0.2) is 0 Å². The quantitative estimate of drug-likeness (QED) is 0.146. The van der Waals surface area contributed by atoms with Crippen molar-refractivity contribution in [2.45, 2.75) is 57.8 Å². The first-order valence-corrected chi connectivity index (χ1v) is 19.2. The van der Waals surface area contributed by atoms with Gasteiger partial charge in [-0.1, -0.05) is 149 Å². The van der Waals surface area contributed by atoms with Gasteiger partial charge in [0.25, 0.3) is 0 Å². The van der Waals surface area contributed by atoms with Crippen LogP contribution in [0.3, 0.4) is 0 Å². The van der Waals surface area contributed by atoms with Crippen LogP contribution in [0.5, 0.6) is 0 Å². The van der Waals surface area contributed by atoms with Crippen LogP contribution in [0.1, 0.15) is 66.6 Å². The second-order valence-corrected chi connectivity index (χ2v) is 16.3. The first-order valence-electron chi connectivity index (χ1n) is 19.2. The minimum atomic E-state index is -0.135. The van der Waals surface area contributed by atoms with Crippen molar-refractivity contribution in [3.8, 4) is 22.3 Å². The normalized spacial score (nSPS) is 14.4. The van der Waals surface area contributed by atoms with E-state index in [1.807, 2.05) is 0 Å². The molecular weight excluding hydrogens is 639 g/mol. The summed E-state index contributed by atoms with van der Waals surface area (Å²) < 4.78 is 0. The van der Waals surface area contributed by atoms with Gasteiger partial charge in [-0.2, -0.15) is 0 Å². The Morgan fingerprint density at radius 1 is 0.358 bits per heavy atom. The summed E-state index contributed by atoms with van der Waals surface area (Å²) in [5.41, 5.74) is 18.8. The molecule has 2 aliphatic rings. The van der Waals surface area contributed by atoms with Crippen LogP contribution in [0.25, 0.3) is 22.3 Å². The average Bonchev–Trinajstić information content (AvgIpc) is 3.54. The molecule has 0 atom stereocenters. The Bertz CT molecular complexity index is 2330. The van der Waals surface area contributed by atoms with Gasteiger partial charge in [-0.05, 0) is 135 Å². The summed E-state index contributed by atoms with van der Waals surface area (Å²) >= 11 is 0. The summed E-state index contributed by atoms with van der Waals surface area (Å²) in [4.78, 5) is 2.38. The van der Waals surface area contributed by atoms with Crippen LogP contribution in [0, 0.1) is 5.92 Å². The second kappa shape index (κ2) is 13.1. The third-order valence-electron chi connectivity index (χ3n) is 12.1. The van der Waals surface area contributed by atoms with Crippen LogP contribution in [-0.2, 0) is 30.1 Å². The molecule has 0 radical (unpaired) electrons. The molecule has 0 fully saturated rings. The lowest BCUT2D eigenvalue weighted by atomic mass is 9.79. The number of nitrogens with zero attached hydrogens (tertiary/aromatic N) is 1. The van der Waals surface area contributed by atoms with E-state index in [4.69, 9.17) is 0 Å². The second-order valence-electron chi connectivity index (χ2n) is 16.3. The van der Waals surface area contributed by atoms with Crippen molar-refractivity contribution in [1.29, 1.82) is 0 Å². The van der Waals surface area contributed by atoms with E-state index in [0.717, 1.165) is 30.6 Å². The highest BCUT2D eigenvalue weighted by molar-refractivity contribution is 5.91. The fourth-order valence-electron chi connectivity index (χ4n) is 9.31. The Hall–Kier alpha value is -5.66. The molecule has 1 heteroatoms. The van der Waals surface area contributed by atoms with Gasteiger partial charge in [-0.15, -0.1) is 0 Å². The number of rotatable bonds is 9. The Balaban J connectivity index is 1.06. The minimum Gasteiger partial charge on any atom is -0.310 e. The van der Waals surface area contributed by atoms with Crippen molar-refractivity contribution in [3.63, 3.8) is 0 Å². The van der Waals surface area contributed by atoms with E-state index in [1.165, 1.54) is 66.9 Å². The maximum absolute atomic E-state index is 2.54. The summed E-state index contributed by atoms with van der Waals surface area (Å²) in [6.45, 7) is 9.68. The highest BCUT2D eigenvalue weighted by Gasteiger charge is 2.42. The van der Waals surface area contributed by atoms with E-state index in [0.29, 0.717) is 5.92 Å². The highest BCUT2D eigenvalue weighted by Crippen LogP contribution is 2.57. The first-order chi connectivity index (χ1) is 25.8. The molecule has 0 bridgehead atoms. The van der Waals surface area contributed by atoms with Crippen LogP contribution in [0.15, 0.2) is 170 Å². The molecule has 0 heterocycles. The highest BCUT2D eigenvalue weighted by atomic mass is 15.1. The average molecular weight is 686 g/mol. The van der Waals surface area contributed by atoms with Crippen molar-refractivity contribution in [1.82, 2.24) is 0 Å². The molecule has 0 aliphatic heterocycles. The SMILES string of the molecule is CC1(C)c2cc(CC(Cc3ccccc3)Cc3ccccc3)ccc2-c2cc3c(cc21)-c1ccc(N(c2ccccc2)c2ccccc2)cc1C3(C)C. The smallest absolute Gasteiger partial charge is 0.0465 e. The molecule has 0 saturated carbocycles. The van der Waals surface area contributed by atoms with Crippen LogP contribution >= 0.6 is 0 Å². The monoisotopic (exact) mass is 685 g/mol. The molecule has 9 rings (SSSR count). The number of hydrogen-bond acceptors (Lipinski definition) is 1. The predicted molar refractivity (Wildman–Crippen MR) is 224 cm³/mol. The molecular formula is C52H47N. The Labute approximate surface area is 315 Å². The van der Waals surface area contributed by atoms with Crippen LogP contribution in [0.4, 0.5) is 17.1 Å². The summed E-state index contributed by atoms with van der Waals surface area (Å²) in [5.74, 6) is 0.524. The van der Waals surface area contributed by atoms with Crippen molar-refractivity contribution in [3.05, 3.63) is 209 Å². The van der Waals surface area contributed by atoms with E-state index in [1.54, 1.807) is 0 Å². The van der Waals surface area contributed by atoms with Gasteiger partial charge in [0, 0.05) is 27.9 Å². The van der Waals surface area contributed by atoms with E-state index in [2.05, 4.69) is 202 Å². The van der Waals surface area contributed by atoms with Crippen LogP contribution in [-0.4, -0.2) is 0 Å². The Kier molecular flexibility index (Phi) is 8.19. The topological polar surface area (TPSA) is 3.24 Å². The number of benzene rings is 7. The van der Waals surface area contributed by atoms with Crippen molar-refractivity contribution in [2.75, 3.05) is 4.90 Å². The fourth-order valence-corrected chi connectivity index (χ4v) is 9.31. The predicted octanol–water partition coefficient (Wildman–Crippen LogP) is 13.4. The lowest BCUT2D eigenvalue weighted by Crippen LogP contribution is -2.18.